The van der Waals surface area contributed by atoms with Crippen LogP contribution in [0.15, 0.2) is 0 Å². The van der Waals surface area contributed by atoms with Gasteiger partial charge in [-0.05, 0) is 26.8 Å². The Kier molecular flexibility index (Phi) is 2.93. The van der Waals surface area contributed by atoms with Crippen LogP contribution >= 0.6 is 12.4 Å². The van der Waals surface area contributed by atoms with Crippen LogP contribution in [-0.2, 0) is 0 Å². The van der Waals surface area contributed by atoms with Crippen molar-refractivity contribution in [1.82, 2.24) is 5.32 Å². The van der Waals surface area contributed by atoms with Crippen molar-refractivity contribution in [3.63, 3.8) is 0 Å². The van der Waals surface area contributed by atoms with Gasteiger partial charge in [0, 0.05) is 6.04 Å². The van der Waals surface area contributed by atoms with Gasteiger partial charge in [-0.3, -0.25) is 0 Å². The first-order valence-electron chi connectivity index (χ1n) is 3.06. The Bertz CT molecular complexity index is 85.5. The number of rotatable bonds is 1. The average molecular weight is 152 g/mol. The van der Waals surface area contributed by atoms with Gasteiger partial charge in [0.25, 0.3) is 0 Å². The van der Waals surface area contributed by atoms with E-state index in [-0.39, 0.29) is 12.4 Å². The Morgan fingerprint density at radius 2 is 2.00 bits per heavy atom. The minimum absolute atomic E-state index is 0. The fraction of sp³-hybridized carbons (Fsp3) is 1.00. The van der Waals surface area contributed by atoms with Gasteiger partial charge in [-0.15, -0.1) is 12.4 Å². The molecule has 0 saturated carbocycles. The summed E-state index contributed by atoms with van der Waals surface area (Å²) in [5.41, 5.74) is -0.516. The van der Waals surface area contributed by atoms with Crippen molar-refractivity contribution in [3.05, 3.63) is 0 Å². The van der Waals surface area contributed by atoms with Gasteiger partial charge in [-0.25, -0.2) is 0 Å². The zero-order chi connectivity index (χ0) is 6.20. The number of nitrogens with one attached hydrogen (secondary N) is 1. The zero-order valence-corrected chi connectivity index (χ0v) is 6.66. The number of halogens is 1. The van der Waals surface area contributed by atoms with Crippen LogP contribution in [0.3, 0.4) is 0 Å². The highest BCUT2D eigenvalue weighted by Crippen LogP contribution is 2.16. The molecule has 0 amide bonds. The predicted octanol–water partition coefficient (Wildman–Crippen LogP) is 0.541. The molecule has 3 heteroatoms. The molecule has 0 aromatic heterocycles. The van der Waals surface area contributed by atoms with Crippen molar-refractivity contribution >= 4 is 12.4 Å². The fourth-order valence-corrected chi connectivity index (χ4v) is 0.892. The summed E-state index contributed by atoms with van der Waals surface area (Å²) in [5, 5.41) is 12.4. The molecular formula is C6H14ClNO. The summed E-state index contributed by atoms with van der Waals surface area (Å²) in [6.07, 6.45) is 1.11. The van der Waals surface area contributed by atoms with E-state index in [9.17, 15) is 5.11 Å². The maximum absolute atomic E-state index is 9.27. The zero-order valence-electron chi connectivity index (χ0n) is 5.85. The Balaban J connectivity index is 0.000000640. The third kappa shape index (κ3) is 2.12. The molecule has 1 fully saturated rings. The van der Waals surface area contributed by atoms with Crippen LogP contribution < -0.4 is 5.32 Å². The molecule has 1 heterocycles. The highest BCUT2D eigenvalue weighted by molar-refractivity contribution is 5.85. The van der Waals surface area contributed by atoms with E-state index in [1.807, 2.05) is 13.8 Å². The molecule has 0 radical (unpaired) electrons. The molecule has 0 spiro atoms. The van der Waals surface area contributed by atoms with E-state index in [1.54, 1.807) is 0 Å². The summed E-state index contributed by atoms with van der Waals surface area (Å²) in [5.74, 6) is 0. The van der Waals surface area contributed by atoms with Gasteiger partial charge in [0.1, 0.15) is 0 Å². The van der Waals surface area contributed by atoms with Crippen molar-refractivity contribution in [1.29, 1.82) is 0 Å². The van der Waals surface area contributed by atoms with Gasteiger partial charge in [0.05, 0.1) is 5.60 Å². The average Bonchev–Trinajstić information content (AvgIpc) is 1.16. The van der Waals surface area contributed by atoms with E-state index in [4.69, 9.17) is 0 Å². The summed E-state index contributed by atoms with van der Waals surface area (Å²) in [6, 6.07) is 0.336. The van der Waals surface area contributed by atoms with E-state index in [1.165, 1.54) is 0 Å². The molecule has 1 unspecified atom stereocenters. The topological polar surface area (TPSA) is 32.3 Å². The quantitative estimate of drug-likeness (QED) is 0.574. The monoisotopic (exact) mass is 151 g/mol. The van der Waals surface area contributed by atoms with Gasteiger partial charge >= 0.3 is 0 Å². The van der Waals surface area contributed by atoms with Crippen LogP contribution in [0, 0.1) is 0 Å². The normalized spacial score (nSPS) is 26.3. The summed E-state index contributed by atoms with van der Waals surface area (Å²) >= 11 is 0. The number of hydrogen-bond acceptors (Lipinski definition) is 2. The van der Waals surface area contributed by atoms with Gasteiger partial charge in [0.15, 0.2) is 0 Å². The fourth-order valence-electron chi connectivity index (χ4n) is 0.892. The molecule has 56 valence electrons. The van der Waals surface area contributed by atoms with E-state index < -0.39 is 5.60 Å². The van der Waals surface area contributed by atoms with Crippen molar-refractivity contribution < 1.29 is 5.11 Å². The maximum atomic E-state index is 9.27. The van der Waals surface area contributed by atoms with Gasteiger partial charge in [-0.2, -0.15) is 0 Å². The molecule has 1 aliphatic rings. The Morgan fingerprint density at radius 3 is 2.00 bits per heavy atom. The van der Waals surface area contributed by atoms with Crippen molar-refractivity contribution in [2.24, 2.45) is 0 Å². The Labute approximate surface area is 62.1 Å². The highest BCUT2D eigenvalue weighted by atomic mass is 35.5. The molecule has 2 nitrogen and oxygen atoms in total. The van der Waals surface area contributed by atoms with E-state index >= 15 is 0 Å². The van der Waals surface area contributed by atoms with E-state index in [2.05, 4.69) is 5.32 Å². The van der Waals surface area contributed by atoms with Crippen molar-refractivity contribution in [2.45, 2.75) is 31.9 Å². The van der Waals surface area contributed by atoms with Crippen molar-refractivity contribution in [2.75, 3.05) is 6.54 Å². The molecule has 0 bridgehead atoms. The second kappa shape index (κ2) is 2.86. The van der Waals surface area contributed by atoms with E-state index in [0.29, 0.717) is 6.04 Å². The largest absolute Gasteiger partial charge is 0.389 e. The second-order valence-electron chi connectivity index (χ2n) is 2.95. The lowest BCUT2D eigenvalue weighted by molar-refractivity contribution is 0.0127. The molecule has 0 aromatic carbocycles. The predicted molar refractivity (Wildman–Crippen MR) is 40.0 cm³/mol. The lowest BCUT2D eigenvalue weighted by Gasteiger charge is -2.37. The van der Waals surface area contributed by atoms with Crippen LogP contribution in [0.2, 0.25) is 0 Å². The van der Waals surface area contributed by atoms with Crippen molar-refractivity contribution in [3.8, 4) is 0 Å². The van der Waals surface area contributed by atoms with Crippen LogP contribution in [0.1, 0.15) is 20.3 Å². The molecule has 1 rings (SSSR count). The molecule has 9 heavy (non-hydrogen) atoms. The van der Waals surface area contributed by atoms with Crippen LogP contribution in [0.5, 0.6) is 0 Å². The molecule has 1 atom stereocenters. The molecule has 2 N–H and O–H groups in total. The molecule has 1 aliphatic heterocycles. The summed E-state index contributed by atoms with van der Waals surface area (Å²) in [7, 11) is 0. The Morgan fingerprint density at radius 1 is 1.56 bits per heavy atom. The van der Waals surface area contributed by atoms with Gasteiger partial charge in [0.2, 0.25) is 0 Å². The minimum atomic E-state index is -0.516. The smallest absolute Gasteiger partial charge is 0.0744 e. The third-order valence-electron chi connectivity index (χ3n) is 1.68. The first-order chi connectivity index (χ1) is 3.61. The molecular weight excluding hydrogens is 138 g/mol. The lowest BCUT2D eigenvalue weighted by atomic mass is 9.91. The van der Waals surface area contributed by atoms with Crippen LogP contribution in [0.25, 0.3) is 0 Å². The highest BCUT2D eigenvalue weighted by Gasteiger charge is 2.30. The second-order valence-corrected chi connectivity index (χ2v) is 2.95. The van der Waals surface area contributed by atoms with Gasteiger partial charge in [-0.1, -0.05) is 0 Å². The lowest BCUT2D eigenvalue weighted by Crippen LogP contribution is -2.55. The molecule has 1 saturated heterocycles. The standard InChI is InChI=1S/C6H13NO.ClH/c1-6(2,8)5-3-4-7-5;/h5,7-8H,3-4H2,1-2H3;1H. The summed E-state index contributed by atoms with van der Waals surface area (Å²) in [4.78, 5) is 0. The van der Waals surface area contributed by atoms with Crippen LogP contribution in [-0.4, -0.2) is 23.3 Å². The first-order valence-corrected chi connectivity index (χ1v) is 3.06. The van der Waals surface area contributed by atoms with E-state index in [0.717, 1.165) is 13.0 Å². The minimum Gasteiger partial charge on any atom is -0.389 e. The number of hydrogen-bond donors (Lipinski definition) is 2. The SMILES string of the molecule is CC(C)(O)C1CCN1.Cl. The Hall–Kier alpha value is 0.210. The summed E-state index contributed by atoms with van der Waals surface area (Å²) in [6.45, 7) is 4.74. The van der Waals surface area contributed by atoms with Gasteiger partial charge < -0.3 is 10.4 Å². The molecule has 0 aliphatic carbocycles. The first kappa shape index (κ1) is 9.21. The summed E-state index contributed by atoms with van der Waals surface area (Å²) < 4.78 is 0. The third-order valence-corrected chi connectivity index (χ3v) is 1.68. The maximum Gasteiger partial charge on any atom is 0.0744 e. The van der Waals surface area contributed by atoms with Crippen LogP contribution in [0.4, 0.5) is 0 Å². The molecule has 0 aromatic rings. The number of aliphatic hydroxyl groups is 1.